The molecule has 0 bridgehead atoms. The Kier molecular flexibility index (Phi) is 3.14. The molecular weight excluding hydrogens is 220 g/mol. The Morgan fingerprint density at radius 2 is 2.18 bits per heavy atom. The Balaban J connectivity index is 2.31. The summed E-state index contributed by atoms with van der Waals surface area (Å²) in [5.41, 5.74) is 0.795. The standard InChI is InChI=1S/C13H12O4/c1-2-16-10-5-3-4-9(8-10)11-6-7-12(17-11)13(14)15/h3-8H,2H2,1H3,(H,14,15). The van der Waals surface area contributed by atoms with Crippen molar-refractivity contribution in [3.8, 4) is 17.1 Å². The number of hydrogen-bond acceptors (Lipinski definition) is 3. The van der Waals surface area contributed by atoms with E-state index < -0.39 is 5.97 Å². The highest BCUT2D eigenvalue weighted by Crippen LogP contribution is 2.25. The molecule has 1 aromatic carbocycles. The van der Waals surface area contributed by atoms with Crippen LogP contribution in [0.1, 0.15) is 17.5 Å². The van der Waals surface area contributed by atoms with E-state index in [2.05, 4.69) is 0 Å². The fourth-order valence-electron chi connectivity index (χ4n) is 1.51. The molecule has 0 unspecified atom stereocenters. The minimum Gasteiger partial charge on any atom is -0.494 e. The highest BCUT2D eigenvalue weighted by Gasteiger charge is 2.10. The van der Waals surface area contributed by atoms with Crippen LogP contribution in [0.15, 0.2) is 40.8 Å². The van der Waals surface area contributed by atoms with Gasteiger partial charge in [-0.3, -0.25) is 0 Å². The minimum absolute atomic E-state index is 0.0678. The SMILES string of the molecule is CCOc1cccc(-c2ccc(C(=O)O)o2)c1. The van der Waals surface area contributed by atoms with Crippen molar-refractivity contribution in [2.75, 3.05) is 6.61 Å². The van der Waals surface area contributed by atoms with E-state index in [0.29, 0.717) is 12.4 Å². The molecular formula is C13H12O4. The quantitative estimate of drug-likeness (QED) is 0.880. The molecule has 1 aromatic heterocycles. The molecule has 4 heteroatoms. The monoisotopic (exact) mass is 232 g/mol. The summed E-state index contributed by atoms with van der Waals surface area (Å²) < 4.78 is 10.6. The number of benzene rings is 1. The molecule has 0 aliphatic heterocycles. The Morgan fingerprint density at radius 3 is 2.82 bits per heavy atom. The van der Waals surface area contributed by atoms with Crippen molar-refractivity contribution >= 4 is 5.97 Å². The van der Waals surface area contributed by atoms with Crippen molar-refractivity contribution in [2.24, 2.45) is 0 Å². The molecule has 1 heterocycles. The second-order valence-corrected chi connectivity index (χ2v) is 3.43. The lowest BCUT2D eigenvalue weighted by molar-refractivity contribution is 0.0663. The highest BCUT2D eigenvalue weighted by atomic mass is 16.5. The maximum Gasteiger partial charge on any atom is 0.371 e. The van der Waals surface area contributed by atoms with Gasteiger partial charge in [-0.05, 0) is 31.2 Å². The third-order valence-corrected chi connectivity index (χ3v) is 2.25. The van der Waals surface area contributed by atoms with Crippen molar-refractivity contribution in [3.63, 3.8) is 0 Å². The maximum absolute atomic E-state index is 10.7. The zero-order valence-corrected chi connectivity index (χ0v) is 9.34. The third-order valence-electron chi connectivity index (χ3n) is 2.25. The van der Waals surface area contributed by atoms with Crippen LogP contribution < -0.4 is 4.74 Å². The Labute approximate surface area is 98.4 Å². The molecule has 88 valence electrons. The van der Waals surface area contributed by atoms with Crippen LogP contribution in [0.2, 0.25) is 0 Å². The molecule has 0 fully saturated rings. The van der Waals surface area contributed by atoms with Crippen LogP contribution in [-0.2, 0) is 0 Å². The van der Waals surface area contributed by atoms with Gasteiger partial charge in [0, 0.05) is 5.56 Å². The normalized spacial score (nSPS) is 10.2. The lowest BCUT2D eigenvalue weighted by Gasteiger charge is -2.03. The van der Waals surface area contributed by atoms with Crippen LogP contribution in [0.3, 0.4) is 0 Å². The molecule has 0 aliphatic rings. The topological polar surface area (TPSA) is 59.7 Å². The fraction of sp³-hybridized carbons (Fsp3) is 0.154. The molecule has 0 atom stereocenters. The molecule has 4 nitrogen and oxygen atoms in total. The summed E-state index contributed by atoms with van der Waals surface area (Å²) in [5, 5.41) is 8.77. The van der Waals surface area contributed by atoms with Gasteiger partial charge >= 0.3 is 5.97 Å². The molecule has 0 saturated heterocycles. The van der Waals surface area contributed by atoms with Crippen LogP contribution >= 0.6 is 0 Å². The van der Waals surface area contributed by atoms with Crippen molar-refractivity contribution in [3.05, 3.63) is 42.2 Å². The number of aromatic carboxylic acids is 1. The first-order valence-electron chi connectivity index (χ1n) is 5.27. The van der Waals surface area contributed by atoms with Gasteiger partial charge in [0.15, 0.2) is 0 Å². The predicted molar refractivity (Wildman–Crippen MR) is 62.3 cm³/mol. The molecule has 0 radical (unpaired) electrons. The fourth-order valence-corrected chi connectivity index (χ4v) is 1.51. The van der Waals surface area contributed by atoms with Crippen LogP contribution in [-0.4, -0.2) is 17.7 Å². The Bertz CT molecular complexity index is 528. The van der Waals surface area contributed by atoms with E-state index in [1.54, 1.807) is 6.07 Å². The third kappa shape index (κ3) is 2.47. The van der Waals surface area contributed by atoms with E-state index >= 15 is 0 Å². The summed E-state index contributed by atoms with van der Waals surface area (Å²) in [7, 11) is 0. The number of ether oxygens (including phenoxy) is 1. The molecule has 0 saturated carbocycles. The molecule has 0 amide bonds. The van der Waals surface area contributed by atoms with Gasteiger partial charge in [0.05, 0.1) is 6.61 Å². The Morgan fingerprint density at radius 1 is 1.35 bits per heavy atom. The van der Waals surface area contributed by atoms with Crippen molar-refractivity contribution < 1.29 is 19.1 Å². The maximum atomic E-state index is 10.7. The van der Waals surface area contributed by atoms with Gasteiger partial charge in [-0.25, -0.2) is 4.79 Å². The van der Waals surface area contributed by atoms with Gasteiger partial charge in [0.1, 0.15) is 11.5 Å². The molecule has 2 rings (SSSR count). The second-order valence-electron chi connectivity index (χ2n) is 3.43. The minimum atomic E-state index is -1.07. The van der Waals surface area contributed by atoms with Gasteiger partial charge in [-0.2, -0.15) is 0 Å². The van der Waals surface area contributed by atoms with E-state index in [1.807, 2.05) is 31.2 Å². The van der Waals surface area contributed by atoms with E-state index in [4.69, 9.17) is 14.3 Å². The van der Waals surface area contributed by atoms with Crippen LogP contribution in [0.25, 0.3) is 11.3 Å². The molecule has 0 aliphatic carbocycles. The number of furan rings is 1. The van der Waals surface area contributed by atoms with Gasteiger partial charge in [0.25, 0.3) is 0 Å². The summed E-state index contributed by atoms with van der Waals surface area (Å²) in [6.07, 6.45) is 0. The van der Waals surface area contributed by atoms with E-state index in [-0.39, 0.29) is 5.76 Å². The summed E-state index contributed by atoms with van der Waals surface area (Å²) in [6.45, 7) is 2.49. The largest absolute Gasteiger partial charge is 0.494 e. The average Bonchev–Trinajstić information content (AvgIpc) is 2.79. The smallest absolute Gasteiger partial charge is 0.371 e. The summed E-state index contributed by atoms with van der Waals surface area (Å²) in [5.74, 6) is 0.112. The molecule has 17 heavy (non-hydrogen) atoms. The number of carboxylic acids is 1. The number of carbonyl (C=O) groups is 1. The van der Waals surface area contributed by atoms with E-state index in [9.17, 15) is 4.79 Å². The molecule has 0 spiro atoms. The first kappa shape index (κ1) is 11.3. The lowest BCUT2D eigenvalue weighted by Crippen LogP contribution is -1.92. The van der Waals surface area contributed by atoms with Gasteiger partial charge in [-0.15, -0.1) is 0 Å². The highest BCUT2D eigenvalue weighted by molar-refractivity contribution is 5.85. The summed E-state index contributed by atoms with van der Waals surface area (Å²) in [4.78, 5) is 10.7. The first-order chi connectivity index (χ1) is 8.20. The van der Waals surface area contributed by atoms with Gasteiger partial charge < -0.3 is 14.3 Å². The van der Waals surface area contributed by atoms with E-state index in [1.165, 1.54) is 6.07 Å². The van der Waals surface area contributed by atoms with E-state index in [0.717, 1.165) is 11.3 Å². The molecule has 2 aromatic rings. The van der Waals surface area contributed by atoms with Crippen LogP contribution in [0.4, 0.5) is 0 Å². The van der Waals surface area contributed by atoms with Crippen LogP contribution in [0.5, 0.6) is 5.75 Å². The number of hydrogen-bond donors (Lipinski definition) is 1. The van der Waals surface area contributed by atoms with Gasteiger partial charge in [-0.1, -0.05) is 12.1 Å². The predicted octanol–water partition coefficient (Wildman–Crippen LogP) is 3.04. The van der Waals surface area contributed by atoms with Gasteiger partial charge in [0.2, 0.25) is 5.76 Å². The van der Waals surface area contributed by atoms with Crippen molar-refractivity contribution in [1.82, 2.24) is 0 Å². The van der Waals surface area contributed by atoms with Crippen molar-refractivity contribution in [1.29, 1.82) is 0 Å². The van der Waals surface area contributed by atoms with Crippen molar-refractivity contribution in [2.45, 2.75) is 6.92 Å². The summed E-state index contributed by atoms with van der Waals surface area (Å²) in [6, 6.07) is 10.4. The van der Waals surface area contributed by atoms with Crippen LogP contribution in [0, 0.1) is 0 Å². The number of rotatable bonds is 4. The zero-order valence-electron chi connectivity index (χ0n) is 9.34. The number of carboxylic acid groups (broad SMARTS) is 1. The Hall–Kier alpha value is -2.23. The second kappa shape index (κ2) is 4.74. The zero-order chi connectivity index (χ0) is 12.3. The average molecular weight is 232 g/mol. The lowest BCUT2D eigenvalue weighted by atomic mass is 10.1. The first-order valence-corrected chi connectivity index (χ1v) is 5.27. The molecule has 1 N–H and O–H groups in total. The summed E-state index contributed by atoms with van der Waals surface area (Å²) >= 11 is 0.